The summed E-state index contributed by atoms with van der Waals surface area (Å²) in [6, 6.07) is 0. The maximum absolute atomic E-state index is 10.3. The van der Waals surface area contributed by atoms with Crippen molar-refractivity contribution in [3.05, 3.63) is 11.8 Å². The number of allylic oxidation sites excluding steroid dienone is 1. The Morgan fingerprint density at radius 2 is 1.79 bits per heavy atom. The van der Waals surface area contributed by atoms with Gasteiger partial charge in [0.05, 0.1) is 0 Å². The molecule has 3 heteroatoms. The predicted octanol–water partition coefficient (Wildman–Crippen LogP) is 2.66. The van der Waals surface area contributed by atoms with E-state index in [9.17, 15) is 4.79 Å². The SMILES string of the molecule is CCCCCCCCC=C(N)C(=O)O. The van der Waals surface area contributed by atoms with Gasteiger partial charge in [0.25, 0.3) is 0 Å². The topological polar surface area (TPSA) is 63.3 Å². The number of carboxylic acid groups (broad SMARTS) is 1. The number of hydrogen-bond donors (Lipinski definition) is 2. The summed E-state index contributed by atoms with van der Waals surface area (Å²) in [6.45, 7) is 2.19. The minimum Gasteiger partial charge on any atom is -0.477 e. The number of rotatable bonds is 8. The van der Waals surface area contributed by atoms with E-state index in [1.807, 2.05) is 0 Å². The highest BCUT2D eigenvalue weighted by Gasteiger charge is 1.98. The molecule has 0 atom stereocenters. The van der Waals surface area contributed by atoms with Crippen molar-refractivity contribution >= 4 is 5.97 Å². The second-order valence-corrected chi connectivity index (χ2v) is 3.52. The van der Waals surface area contributed by atoms with Crippen molar-refractivity contribution in [2.24, 2.45) is 5.73 Å². The highest BCUT2D eigenvalue weighted by Crippen LogP contribution is 2.07. The fourth-order valence-corrected chi connectivity index (χ4v) is 1.27. The quantitative estimate of drug-likeness (QED) is 0.466. The van der Waals surface area contributed by atoms with Crippen LogP contribution in [0.25, 0.3) is 0 Å². The van der Waals surface area contributed by atoms with E-state index in [-0.39, 0.29) is 5.70 Å². The molecule has 82 valence electrons. The van der Waals surface area contributed by atoms with Gasteiger partial charge in [-0.15, -0.1) is 0 Å². The van der Waals surface area contributed by atoms with Crippen molar-refractivity contribution in [2.45, 2.75) is 51.9 Å². The van der Waals surface area contributed by atoms with Gasteiger partial charge in [-0.05, 0) is 12.8 Å². The first-order chi connectivity index (χ1) is 6.68. The molecule has 0 heterocycles. The monoisotopic (exact) mass is 199 g/mol. The van der Waals surface area contributed by atoms with Crippen LogP contribution in [0.5, 0.6) is 0 Å². The van der Waals surface area contributed by atoms with Crippen LogP contribution in [0.4, 0.5) is 0 Å². The Labute approximate surface area is 86.0 Å². The summed E-state index contributed by atoms with van der Waals surface area (Å²) < 4.78 is 0. The van der Waals surface area contributed by atoms with Crippen molar-refractivity contribution in [1.29, 1.82) is 0 Å². The van der Waals surface area contributed by atoms with Gasteiger partial charge in [0, 0.05) is 0 Å². The molecule has 0 saturated heterocycles. The Morgan fingerprint density at radius 1 is 1.21 bits per heavy atom. The number of unbranched alkanes of at least 4 members (excludes halogenated alkanes) is 6. The Morgan fingerprint density at radius 3 is 2.36 bits per heavy atom. The average molecular weight is 199 g/mol. The van der Waals surface area contributed by atoms with E-state index in [0.29, 0.717) is 0 Å². The fourth-order valence-electron chi connectivity index (χ4n) is 1.27. The molecule has 0 radical (unpaired) electrons. The molecular formula is C11H21NO2. The third-order valence-corrected chi connectivity index (χ3v) is 2.17. The van der Waals surface area contributed by atoms with Crippen LogP contribution in [0.15, 0.2) is 11.8 Å². The van der Waals surface area contributed by atoms with E-state index in [4.69, 9.17) is 10.8 Å². The summed E-state index contributed by atoms with van der Waals surface area (Å²) in [5.74, 6) is -1.02. The Kier molecular flexibility index (Phi) is 7.99. The average Bonchev–Trinajstić information content (AvgIpc) is 2.16. The molecule has 3 nitrogen and oxygen atoms in total. The number of aliphatic carboxylic acids is 1. The first-order valence-electron chi connectivity index (χ1n) is 5.37. The van der Waals surface area contributed by atoms with Gasteiger partial charge in [-0.3, -0.25) is 0 Å². The number of hydrogen-bond acceptors (Lipinski definition) is 2. The Balaban J connectivity index is 3.29. The molecule has 14 heavy (non-hydrogen) atoms. The van der Waals surface area contributed by atoms with Crippen LogP contribution >= 0.6 is 0 Å². The molecule has 0 aliphatic carbocycles. The summed E-state index contributed by atoms with van der Waals surface area (Å²) in [5, 5.41) is 8.46. The standard InChI is InChI=1S/C11H21NO2/c1-2-3-4-5-6-7-8-9-10(12)11(13)14/h9H,2-8,12H2,1H3,(H,13,14). The summed E-state index contributed by atoms with van der Waals surface area (Å²) in [7, 11) is 0. The second kappa shape index (κ2) is 8.60. The number of carbonyl (C=O) groups is 1. The van der Waals surface area contributed by atoms with Crippen LogP contribution in [0.1, 0.15) is 51.9 Å². The molecule has 0 unspecified atom stereocenters. The molecular weight excluding hydrogens is 178 g/mol. The van der Waals surface area contributed by atoms with E-state index < -0.39 is 5.97 Å². The van der Waals surface area contributed by atoms with Gasteiger partial charge >= 0.3 is 5.97 Å². The molecule has 0 fully saturated rings. The molecule has 3 N–H and O–H groups in total. The van der Waals surface area contributed by atoms with Crippen LogP contribution in [-0.2, 0) is 4.79 Å². The lowest BCUT2D eigenvalue weighted by atomic mass is 10.1. The third kappa shape index (κ3) is 7.65. The zero-order chi connectivity index (χ0) is 10.8. The zero-order valence-electron chi connectivity index (χ0n) is 8.96. The summed E-state index contributed by atoms with van der Waals surface area (Å²) >= 11 is 0. The molecule has 0 aliphatic rings. The number of nitrogens with two attached hydrogens (primary N) is 1. The largest absolute Gasteiger partial charge is 0.477 e. The lowest BCUT2D eigenvalue weighted by Gasteiger charge is -1.98. The minimum atomic E-state index is -1.02. The van der Waals surface area contributed by atoms with E-state index >= 15 is 0 Å². The molecule has 0 aromatic rings. The summed E-state index contributed by atoms with van der Waals surface area (Å²) in [5.41, 5.74) is 5.21. The van der Waals surface area contributed by atoms with Crippen LogP contribution in [0.3, 0.4) is 0 Å². The van der Waals surface area contributed by atoms with Gasteiger partial charge in [0.1, 0.15) is 5.70 Å². The van der Waals surface area contributed by atoms with Crippen LogP contribution in [-0.4, -0.2) is 11.1 Å². The van der Waals surface area contributed by atoms with Crippen molar-refractivity contribution < 1.29 is 9.90 Å². The maximum atomic E-state index is 10.3. The summed E-state index contributed by atoms with van der Waals surface area (Å²) in [6.07, 6.45) is 9.68. The number of carboxylic acids is 1. The van der Waals surface area contributed by atoms with Crippen molar-refractivity contribution in [3.8, 4) is 0 Å². The highest BCUT2D eigenvalue weighted by molar-refractivity contribution is 5.85. The van der Waals surface area contributed by atoms with Crippen LogP contribution in [0, 0.1) is 0 Å². The molecule has 0 rings (SSSR count). The zero-order valence-corrected chi connectivity index (χ0v) is 8.96. The van der Waals surface area contributed by atoms with Crippen LogP contribution < -0.4 is 5.73 Å². The van der Waals surface area contributed by atoms with Crippen molar-refractivity contribution in [1.82, 2.24) is 0 Å². The molecule has 0 aliphatic heterocycles. The minimum absolute atomic E-state index is 0.0291. The van der Waals surface area contributed by atoms with Gasteiger partial charge in [-0.25, -0.2) is 4.79 Å². The summed E-state index contributed by atoms with van der Waals surface area (Å²) in [4.78, 5) is 10.3. The lowest BCUT2D eigenvalue weighted by molar-refractivity contribution is -0.132. The van der Waals surface area contributed by atoms with Gasteiger partial charge < -0.3 is 10.8 Å². The Bertz CT molecular complexity index is 188. The van der Waals surface area contributed by atoms with E-state index in [0.717, 1.165) is 12.8 Å². The van der Waals surface area contributed by atoms with E-state index in [2.05, 4.69) is 6.92 Å². The van der Waals surface area contributed by atoms with E-state index in [1.54, 1.807) is 6.08 Å². The van der Waals surface area contributed by atoms with Crippen molar-refractivity contribution in [3.63, 3.8) is 0 Å². The molecule has 0 amide bonds. The first kappa shape index (κ1) is 13.0. The Hall–Kier alpha value is -0.990. The molecule has 0 bridgehead atoms. The first-order valence-corrected chi connectivity index (χ1v) is 5.37. The fraction of sp³-hybridized carbons (Fsp3) is 0.727. The lowest BCUT2D eigenvalue weighted by Crippen LogP contribution is -2.09. The smallest absolute Gasteiger partial charge is 0.351 e. The van der Waals surface area contributed by atoms with E-state index in [1.165, 1.54) is 32.1 Å². The van der Waals surface area contributed by atoms with Gasteiger partial charge in [0.15, 0.2) is 0 Å². The predicted molar refractivity (Wildman–Crippen MR) is 57.9 cm³/mol. The van der Waals surface area contributed by atoms with Gasteiger partial charge in [0.2, 0.25) is 0 Å². The molecule has 0 saturated carbocycles. The third-order valence-electron chi connectivity index (χ3n) is 2.17. The highest BCUT2D eigenvalue weighted by atomic mass is 16.4. The van der Waals surface area contributed by atoms with Gasteiger partial charge in [-0.1, -0.05) is 45.1 Å². The molecule has 0 aromatic heterocycles. The molecule has 0 spiro atoms. The van der Waals surface area contributed by atoms with Crippen molar-refractivity contribution in [2.75, 3.05) is 0 Å². The normalized spacial score (nSPS) is 11.6. The maximum Gasteiger partial charge on any atom is 0.351 e. The second-order valence-electron chi connectivity index (χ2n) is 3.52. The van der Waals surface area contributed by atoms with Gasteiger partial charge in [-0.2, -0.15) is 0 Å². The molecule has 0 aromatic carbocycles. The van der Waals surface area contributed by atoms with Crippen LogP contribution in [0.2, 0.25) is 0 Å².